The van der Waals surface area contributed by atoms with E-state index in [4.69, 9.17) is 33.3 Å². The molecule has 0 bridgehead atoms. The number of ether oxygens (including phenoxy) is 2. The number of aromatic amines is 1. The van der Waals surface area contributed by atoms with Crippen molar-refractivity contribution in [1.82, 2.24) is 14.9 Å². The van der Waals surface area contributed by atoms with Gasteiger partial charge in [-0.05, 0) is 30.4 Å². The molecule has 11 heteroatoms. The van der Waals surface area contributed by atoms with E-state index in [9.17, 15) is 10.1 Å². The molecule has 0 saturated carbocycles. The molecule has 1 N–H and O–H groups in total. The average Bonchev–Trinajstić information content (AvgIpc) is 3.25. The highest BCUT2D eigenvalue weighted by Crippen LogP contribution is 2.37. The van der Waals surface area contributed by atoms with Crippen molar-refractivity contribution in [1.29, 1.82) is 0 Å². The second-order valence-electron chi connectivity index (χ2n) is 5.41. The summed E-state index contributed by atoms with van der Waals surface area (Å²) < 4.78 is 12.0. The van der Waals surface area contributed by atoms with Crippen molar-refractivity contribution in [3.05, 3.63) is 61.9 Å². The summed E-state index contributed by atoms with van der Waals surface area (Å²) in [6.45, 7) is 0.0104. The molecule has 0 atom stereocenters. The number of nitro benzene ring substituents is 1. The SMILES string of the molecule is O=[N+]([O-])c1cc2c(cc1/C=N\n1c(-c3ccccc3Cl)n[nH]c1=S)OCO2. The van der Waals surface area contributed by atoms with Crippen LogP contribution in [-0.2, 0) is 0 Å². The first-order chi connectivity index (χ1) is 13.0. The fourth-order valence-electron chi connectivity index (χ4n) is 2.54. The molecule has 0 radical (unpaired) electrons. The molecule has 0 aliphatic carbocycles. The van der Waals surface area contributed by atoms with Crippen LogP contribution < -0.4 is 9.47 Å². The van der Waals surface area contributed by atoms with Crippen LogP contribution >= 0.6 is 23.8 Å². The Morgan fingerprint density at radius 3 is 2.81 bits per heavy atom. The van der Waals surface area contributed by atoms with Gasteiger partial charge in [-0.15, -0.1) is 0 Å². The highest BCUT2D eigenvalue weighted by molar-refractivity contribution is 7.71. The molecule has 0 unspecified atom stereocenters. The van der Waals surface area contributed by atoms with Crippen molar-refractivity contribution in [2.45, 2.75) is 0 Å². The lowest BCUT2D eigenvalue weighted by Crippen LogP contribution is -1.98. The lowest BCUT2D eigenvalue weighted by Gasteiger charge is -2.04. The monoisotopic (exact) mass is 403 g/mol. The molecule has 2 heterocycles. The minimum Gasteiger partial charge on any atom is -0.454 e. The quantitative estimate of drug-likeness (QED) is 0.307. The molecule has 0 spiro atoms. The van der Waals surface area contributed by atoms with Crippen LogP contribution in [0.1, 0.15) is 5.56 Å². The van der Waals surface area contributed by atoms with Gasteiger partial charge in [0.1, 0.15) is 0 Å². The van der Waals surface area contributed by atoms with E-state index in [1.54, 1.807) is 24.3 Å². The van der Waals surface area contributed by atoms with Crippen LogP contribution in [0.2, 0.25) is 5.02 Å². The summed E-state index contributed by atoms with van der Waals surface area (Å²) in [6, 6.07) is 9.86. The maximum atomic E-state index is 11.4. The number of aromatic nitrogens is 3. The number of H-pyrrole nitrogens is 1. The number of benzene rings is 2. The molecule has 0 amide bonds. The lowest BCUT2D eigenvalue weighted by atomic mass is 10.1. The van der Waals surface area contributed by atoms with Gasteiger partial charge in [-0.3, -0.25) is 10.1 Å². The number of nitrogens with one attached hydrogen (secondary N) is 1. The number of nitrogens with zero attached hydrogens (tertiary/aromatic N) is 4. The van der Waals surface area contributed by atoms with Gasteiger partial charge in [0.05, 0.1) is 27.8 Å². The van der Waals surface area contributed by atoms with E-state index in [2.05, 4.69) is 15.3 Å². The number of rotatable bonds is 4. The second-order valence-corrected chi connectivity index (χ2v) is 6.20. The zero-order valence-electron chi connectivity index (χ0n) is 13.5. The Balaban J connectivity index is 1.79. The van der Waals surface area contributed by atoms with Crippen LogP contribution in [0.4, 0.5) is 5.69 Å². The minimum absolute atomic E-state index is 0.0104. The van der Waals surface area contributed by atoms with E-state index in [-0.39, 0.29) is 22.8 Å². The highest BCUT2D eigenvalue weighted by Gasteiger charge is 2.22. The van der Waals surface area contributed by atoms with E-state index in [1.807, 2.05) is 0 Å². The van der Waals surface area contributed by atoms with Crippen molar-refractivity contribution in [2.24, 2.45) is 5.10 Å². The van der Waals surface area contributed by atoms with Crippen LogP contribution in [0.25, 0.3) is 11.4 Å². The predicted molar refractivity (Wildman–Crippen MR) is 100 cm³/mol. The molecule has 3 aromatic rings. The number of nitro groups is 1. The van der Waals surface area contributed by atoms with Crippen LogP contribution in [0.15, 0.2) is 41.5 Å². The summed E-state index contributed by atoms with van der Waals surface area (Å²) in [4.78, 5) is 10.8. The van der Waals surface area contributed by atoms with Gasteiger partial charge in [0.25, 0.3) is 5.69 Å². The lowest BCUT2D eigenvalue weighted by molar-refractivity contribution is -0.385. The Kier molecular flexibility index (Phi) is 4.34. The number of hydrogen-bond donors (Lipinski definition) is 1. The highest BCUT2D eigenvalue weighted by atomic mass is 35.5. The molecule has 0 saturated heterocycles. The number of halogens is 1. The van der Waals surface area contributed by atoms with Crippen LogP contribution in [-0.4, -0.2) is 32.8 Å². The molecule has 1 aliphatic heterocycles. The fraction of sp³-hybridized carbons (Fsp3) is 0.0625. The molecule has 1 aromatic heterocycles. The van der Waals surface area contributed by atoms with Gasteiger partial charge >= 0.3 is 0 Å². The smallest absolute Gasteiger partial charge is 0.282 e. The van der Waals surface area contributed by atoms with Crippen LogP contribution in [0, 0.1) is 14.9 Å². The summed E-state index contributed by atoms with van der Waals surface area (Å²) in [5.74, 6) is 1.10. The van der Waals surface area contributed by atoms with Crippen molar-refractivity contribution in [2.75, 3.05) is 6.79 Å². The van der Waals surface area contributed by atoms with Gasteiger partial charge in [-0.25, -0.2) is 5.10 Å². The summed E-state index contributed by atoms with van der Waals surface area (Å²) in [5, 5.41) is 22.9. The summed E-state index contributed by atoms with van der Waals surface area (Å²) in [7, 11) is 0. The van der Waals surface area contributed by atoms with Gasteiger partial charge < -0.3 is 9.47 Å². The Morgan fingerprint density at radius 1 is 1.33 bits per heavy atom. The van der Waals surface area contributed by atoms with E-state index >= 15 is 0 Å². The first kappa shape index (κ1) is 17.2. The van der Waals surface area contributed by atoms with Gasteiger partial charge in [-0.2, -0.15) is 14.9 Å². The molecular formula is C16H10ClN5O4S. The third kappa shape index (κ3) is 3.15. The van der Waals surface area contributed by atoms with E-state index in [1.165, 1.54) is 23.0 Å². The molecular weight excluding hydrogens is 394 g/mol. The van der Waals surface area contributed by atoms with E-state index in [0.29, 0.717) is 27.9 Å². The van der Waals surface area contributed by atoms with Crippen molar-refractivity contribution >= 4 is 35.7 Å². The fourth-order valence-corrected chi connectivity index (χ4v) is 2.94. The molecule has 9 nitrogen and oxygen atoms in total. The van der Waals surface area contributed by atoms with Crippen LogP contribution in [0.5, 0.6) is 11.5 Å². The summed E-state index contributed by atoms with van der Waals surface area (Å²) in [6.07, 6.45) is 1.31. The normalized spacial score (nSPS) is 12.6. The third-order valence-corrected chi connectivity index (χ3v) is 4.39. The number of hydrogen-bond acceptors (Lipinski definition) is 7. The van der Waals surface area contributed by atoms with Crippen molar-refractivity contribution in [3.63, 3.8) is 0 Å². The van der Waals surface area contributed by atoms with Crippen LogP contribution in [0.3, 0.4) is 0 Å². The topological polar surface area (TPSA) is 108 Å². The molecule has 4 rings (SSSR count). The summed E-state index contributed by atoms with van der Waals surface area (Å²) >= 11 is 11.4. The maximum absolute atomic E-state index is 11.4. The standard InChI is InChI=1S/C16H10ClN5O4S/c17-11-4-2-1-3-10(11)15-19-20-16(27)21(15)18-7-9-5-13-14(26-8-25-13)6-12(9)22(23)24/h1-7H,8H2,(H,20,27)/b18-7-. The first-order valence-corrected chi connectivity index (χ1v) is 8.38. The molecule has 136 valence electrons. The Labute approximate surface area is 162 Å². The van der Waals surface area contributed by atoms with Gasteiger partial charge in [0.15, 0.2) is 17.3 Å². The third-order valence-electron chi connectivity index (χ3n) is 3.80. The van der Waals surface area contributed by atoms with Gasteiger partial charge in [0, 0.05) is 5.56 Å². The zero-order chi connectivity index (χ0) is 19.0. The van der Waals surface area contributed by atoms with Gasteiger partial charge in [-0.1, -0.05) is 23.7 Å². The Bertz CT molecular complexity index is 1140. The Hall–Kier alpha value is -3.24. The Morgan fingerprint density at radius 2 is 2.07 bits per heavy atom. The zero-order valence-corrected chi connectivity index (χ0v) is 15.0. The predicted octanol–water partition coefficient (Wildman–Crippen LogP) is 3.78. The van der Waals surface area contributed by atoms with E-state index in [0.717, 1.165) is 0 Å². The minimum atomic E-state index is -0.521. The van der Waals surface area contributed by atoms with E-state index < -0.39 is 4.92 Å². The molecule has 1 aliphatic rings. The molecule has 2 aromatic carbocycles. The first-order valence-electron chi connectivity index (χ1n) is 7.59. The summed E-state index contributed by atoms with van der Waals surface area (Å²) in [5.41, 5.74) is 0.679. The average molecular weight is 404 g/mol. The molecule has 27 heavy (non-hydrogen) atoms. The molecule has 0 fully saturated rings. The maximum Gasteiger partial charge on any atom is 0.282 e. The van der Waals surface area contributed by atoms with Gasteiger partial charge in [0.2, 0.25) is 11.6 Å². The van der Waals surface area contributed by atoms with Crippen molar-refractivity contribution in [3.8, 4) is 22.9 Å². The largest absolute Gasteiger partial charge is 0.454 e. The van der Waals surface area contributed by atoms with Crippen molar-refractivity contribution < 1.29 is 14.4 Å². The second kappa shape index (κ2) is 6.82. The number of fused-ring (bicyclic) bond motifs is 1.